The van der Waals surface area contributed by atoms with Gasteiger partial charge in [-0.3, -0.25) is 9.59 Å². The Morgan fingerprint density at radius 1 is 1.03 bits per heavy atom. The number of thiazole rings is 1. The molecule has 0 unspecified atom stereocenters. The number of hydrogen-bond donors (Lipinski definition) is 1. The first-order chi connectivity index (χ1) is 15.4. The van der Waals surface area contributed by atoms with E-state index in [1.54, 1.807) is 17.0 Å². The first-order valence-electron chi connectivity index (χ1n) is 11.1. The highest BCUT2D eigenvalue weighted by Gasteiger charge is 2.30. The molecule has 2 amide bonds. The van der Waals surface area contributed by atoms with Gasteiger partial charge < -0.3 is 10.2 Å². The van der Waals surface area contributed by atoms with Crippen LogP contribution in [0, 0.1) is 5.92 Å². The predicted molar refractivity (Wildman–Crippen MR) is 121 cm³/mol. The van der Waals surface area contributed by atoms with Crippen molar-refractivity contribution in [1.82, 2.24) is 14.2 Å². The van der Waals surface area contributed by atoms with Gasteiger partial charge in [-0.1, -0.05) is 17.8 Å². The Labute approximate surface area is 191 Å². The normalized spacial score (nSPS) is 19.4. The fourth-order valence-electron chi connectivity index (χ4n) is 4.33. The zero-order chi connectivity index (χ0) is 22.3. The maximum absolute atomic E-state index is 13.0. The lowest BCUT2D eigenvalue weighted by atomic mass is 9.85. The molecule has 1 saturated heterocycles. The molecule has 1 saturated carbocycles. The van der Waals surface area contributed by atoms with Crippen molar-refractivity contribution in [2.75, 3.05) is 25.0 Å². The summed E-state index contributed by atoms with van der Waals surface area (Å²) < 4.78 is 26.9. The van der Waals surface area contributed by atoms with Crippen molar-refractivity contribution < 1.29 is 18.0 Å². The van der Waals surface area contributed by atoms with E-state index < -0.39 is 10.0 Å². The van der Waals surface area contributed by atoms with Crippen LogP contribution in [0.15, 0.2) is 29.2 Å². The summed E-state index contributed by atoms with van der Waals surface area (Å²) in [6.07, 6.45) is 5.40. The van der Waals surface area contributed by atoms with E-state index in [1.165, 1.54) is 27.8 Å². The second-order valence-electron chi connectivity index (χ2n) is 8.62. The van der Waals surface area contributed by atoms with Crippen molar-refractivity contribution in [1.29, 1.82) is 0 Å². The lowest BCUT2D eigenvalue weighted by Crippen LogP contribution is -2.35. The van der Waals surface area contributed by atoms with Gasteiger partial charge in [0.1, 0.15) is 0 Å². The average molecular weight is 475 g/mol. The van der Waals surface area contributed by atoms with E-state index >= 15 is 0 Å². The number of nitrogens with zero attached hydrogens (tertiary/aromatic N) is 3. The molecule has 0 spiro atoms. The number of rotatable bonds is 5. The van der Waals surface area contributed by atoms with E-state index in [0.29, 0.717) is 43.3 Å². The summed E-state index contributed by atoms with van der Waals surface area (Å²) in [6.45, 7) is 2.09. The third-order valence-corrected chi connectivity index (χ3v) is 9.44. The van der Waals surface area contributed by atoms with E-state index in [0.717, 1.165) is 42.7 Å². The lowest BCUT2D eigenvalue weighted by Gasteiger charge is -2.26. The van der Waals surface area contributed by atoms with Crippen molar-refractivity contribution in [3.63, 3.8) is 0 Å². The number of sulfonamides is 1. The van der Waals surface area contributed by atoms with Crippen LogP contribution in [0.3, 0.4) is 0 Å². The maximum Gasteiger partial charge on any atom is 0.254 e. The number of benzene rings is 1. The van der Waals surface area contributed by atoms with Crippen LogP contribution in [-0.2, 0) is 27.8 Å². The summed E-state index contributed by atoms with van der Waals surface area (Å²) >= 11 is 1.43. The zero-order valence-corrected chi connectivity index (χ0v) is 19.4. The number of amides is 2. The molecule has 1 N–H and O–H groups in total. The number of carbonyl (C=O) groups is 2. The molecule has 2 aromatic rings. The van der Waals surface area contributed by atoms with Gasteiger partial charge in [-0.15, -0.1) is 0 Å². The third-order valence-electron chi connectivity index (χ3n) is 6.53. The Kier molecular flexibility index (Phi) is 5.77. The van der Waals surface area contributed by atoms with Crippen molar-refractivity contribution >= 4 is 38.3 Å². The van der Waals surface area contributed by atoms with E-state index in [9.17, 15) is 18.0 Å². The highest BCUT2D eigenvalue weighted by atomic mass is 32.2. The van der Waals surface area contributed by atoms with E-state index in [2.05, 4.69) is 10.3 Å². The summed E-state index contributed by atoms with van der Waals surface area (Å²) in [5.74, 6) is 0.0136. The number of anilines is 1. The van der Waals surface area contributed by atoms with Gasteiger partial charge in [0.05, 0.1) is 17.1 Å². The molecule has 0 atom stereocenters. The van der Waals surface area contributed by atoms with Crippen molar-refractivity contribution in [3.05, 3.63) is 40.4 Å². The quantitative estimate of drug-likeness (QED) is 0.718. The SMILES string of the molecule is O=C(Nc1nc2c(s1)CN(C(=O)c1ccc(S(=O)(=O)N3CCCC3)cc1)CC2)C1CCC1. The Hall–Kier alpha value is -2.30. The molecule has 5 rings (SSSR count). The monoisotopic (exact) mass is 474 g/mol. The molecular formula is C22H26N4O4S2. The first kappa shape index (κ1) is 21.5. The van der Waals surface area contributed by atoms with Crippen molar-refractivity contribution in [3.8, 4) is 0 Å². The number of fused-ring (bicyclic) bond motifs is 1. The molecule has 32 heavy (non-hydrogen) atoms. The van der Waals surface area contributed by atoms with Gasteiger partial charge in [-0.25, -0.2) is 13.4 Å². The van der Waals surface area contributed by atoms with Crippen LogP contribution in [0.2, 0.25) is 0 Å². The average Bonchev–Trinajstić information content (AvgIpc) is 3.41. The van der Waals surface area contributed by atoms with E-state index in [-0.39, 0.29) is 22.6 Å². The minimum Gasteiger partial charge on any atom is -0.333 e. The highest BCUT2D eigenvalue weighted by Crippen LogP contribution is 2.32. The molecule has 8 nitrogen and oxygen atoms in total. The molecule has 3 aliphatic rings. The van der Waals surface area contributed by atoms with Crippen LogP contribution in [-0.4, -0.2) is 54.1 Å². The molecule has 10 heteroatoms. The summed E-state index contributed by atoms with van der Waals surface area (Å²) in [6, 6.07) is 6.24. The molecule has 2 aliphatic heterocycles. The fourth-order valence-corrected chi connectivity index (χ4v) is 6.87. The molecule has 170 valence electrons. The Balaban J connectivity index is 1.25. The van der Waals surface area contributed by atoms with Crippen LogP contribution < -0.4 is 5.32 Å². The highest BCUT2D eigenvalue weighted by molar-refractivity contribution is 7.89. The Morgan fingerprint density at radius 3 is 2.41 bits per heavy atom. The zero-order valence-electron chi connectivity index (χ0n) is 17.7. The third kappa shape index (κ3) is 4.06. The molecule has 1 aliphatic carbocycles. The van der Waals surface area contributed by atoms with Crippen LogP contribution >= 0.6 is 11.3 Å². The van der Waals surface area contributed by atoms with Gasteiger partial charge in [-0.05, 0) is 49.9 Å². The van der Waals surface area contributed by atoms with Gasteiger partial charge in [-0.2, -0.15) is 4.31 Å². The van der Waals surface area contributed by atoms with Gasteiger partial charge >= 0.3 is 0 Å². The topological polar surface area (TPSA) is 99.7 Å². The molecular weight excluding hydrogens is 448 g/mol. The largest absolute Gasteiger partial charge is 0.333 e. The molecule has 3 heterocycles. The van der Waals surface area contributed by atoms with Crippen LogP contribution in [0.25, 0.3) is 0 Å². The van der Waals surface area contributed by atoms with Crippen LogP contribution in [0.1, 0.15) is 53.0 Å². The summed E-state index contributed by atoms with van der Waals surface area (Å²) in [5.41, 5.74) is 1.41. The molecule has 1 aromatic heterocycles. The van der Waals surface area contributed by atoms with Gasteiger partial charge in [0.25, 0.3) is 5.91 Å². The molecule has 0 bridgehead atoms. The minimum absolute atomic E-state index is 0.0410. The second-order valence-corrected chi connectivity index (χ2v) is 11.6. The standard InChI is InChI=1S/C22H26N4O4S2/c27-20(15-4-3-5-15)24-22-23-18-10-13-25(14-19(18)31-22)21(28)16-6-8-17(9-7-16)32(29,30)26-11-1-2-12-26/h6-9,15H,1-5,10-14H2,(H,23,24,27). The van der Waals surface area contributed by atoms with E-state index in [1.807, 2.05) is 0 Å². The maximum atomic E-state index is 13.0. The van der Waals surface area contributed by atoms with Gasteiger partial charge in [0.15, 0.2) is 5.13 Å². The Bertz CT molecular complexity index is 1130. The second kappa shape index (κ2) is 8.57. The van der Waals surface area contributed by atoms with E-state index in [4.69, 9.17) is 0 Å². The Morgan fingerprint density at radius 2 is 1.75 bits per heavy atom. The lowest BCUT2D eigenvalue weighted by molar-refractivity contribution is -0.122. The smallest absolute Gasteiger partial charge is 0.254 e. The van der Waals surface area contributed by atoms with Crippen LogP contribution in [0.5, 0.6) is 0 Å². The van der Waals surface area contributed by atoms with Gasteiger partial charge in [0, 0.05) is 42.4 Å². The molecule has 0 radical (unpaired) electrons. The van der Waals surface area contributed by atoms with Gasteiger partial charge in [0.2, 0.25) is 15.9 Å². The number of aromatic nitrogens is 1. The summed E-state index contributed by atoms with van der Waals surface area (Å²) in [5, 5.41) is 3.53. The number of carbonyl (C=O) groups excluding carboxylic acids is 2. The number of hydrogen-bond acceptors (Lipinski definition) is 6. The van der Waals surface area contributed by atoms with Crippen molar-refractivity contribution in [2.24, 2.45) is 5.92 Å². The summed E-state index contributed by atoms with van der Waals surface area (Å²) in [4.78, 5) is 32.7. The molecule has 2 fully saturated rings. The predicted octanol–water partition coefficient (Wildman–Crippen LogP) is 2.86. The summed E-state index contributed by atoms with van der Waals surface area (Å²) in [7, 11) is -3.49. The van der Waals surface area contributed by atoms with Crippen LogP contribution in [0.4, 0.5) is 5.13 Å². The fraction of sp³-hybridized carbons (Fsp3) is 0.500. The minimum atomic E-state index is -3.49. The first-order valence-corrected chi connectivity index (χ1v) is 13.4. The number of nitrogens with one attached hydrogen (secondary N) is 1. The van der Waals surface area contributed by atoms with Crippen molar-refractivity contribution in [2.45, 2.75) is 50.0 Å². The molecule has 1 aromatic carbocycles.